The normalized spacial score (nSPS) is 10.5. The summed E-state index contributed by atoms with van der Waals surface area (Å²) in [7, 11) is 1.27. The smallest absolute Gasteiger partial charge is 0.341 e. The number of phenolic OH excluding ortho intramolecular Hbond substituents is 1. The van der Waals surface area contributed by atoms with Crippen LogP contribution >= 0.6 is 35.7 Å². The van der Waals surface area contributed by atoms with Crippen molar-refractivity contribution in [3.05, 3.63) is 23.8 Å². The number of unbranched alkanes of at least 4 members (excludes halogenated alkanes) is 1. The van der Waals surface area contributed by atoms with E-state index in [-0.39, 0.29) is 11.3 Å². The number of benzene rings is 1. The van der Waals surface area contributed by atoms with Crippen LogP contribution in [-0.4, -0.2) is 33.9 Å². The fraction of sp³-hybridized carbons (Fsp3) is 0.417. The highest BCUT2D eigenvalue weighted by Crippen LogP contribution is 2.24. The first kappa shape index (κ1) is 16.4. The molecule has 19 heavy (non-hydrogen) atoms. The molecule has 5 nitrogen and oxygen atoms in total. The van der Waals surface area contributed by atoms with Gasteiger partial charge in [0.05, 0.1) is 13.7 Å². The molecule has 0 aliphatic heterocycles. The van der Waals surface area contributed by atoms with Crippen molar-refractivity contribution >= 4 is 41.6 Å². The molecule has 0 fully saturated rings. The molecule has 0 aromatic heterocycles. The van der Waals surface area contributed by atoms with Crippen LogP contribution in [0.15, 0.2) is 18.2 Å². The third-order valence-electron chi connectivity index (χ3n) is 2.38. The summed E-state index contributed by atoms with van der Waals surface area (Å²) < 4.78 is 11.8. The summed E-state index contributed by atoms with van der Waals surface area (Å²) in [5, 5.41) is 9.67. The average Bonchev–Trinajstić information content (AvgIpc) is 2.37. The van der Waals surface area contributed by atoms with E-state index in [4.69, 9.17) is 4.74 Å². The first-order chi connectivity index (χ1) is 9.04. The number of carbonyl (C=O) groups is 1. The van der Waals surface area contributed by atoms with E-state index in [1.54, 1.807) is 8.58 Å². The molecule has 0 amide bonds. The van der Waals surface area contributed by atoms with Crippen LogP contribution in [0, 0.1) is 0 Å². The van der Waals surface area contributed by atoms with Crippen LogP contribution < -0.4 is 4.74 Å². The highest BCUT2D eigenvalue weighted by atomic mass is 127. The molecule has 0 heterocycles. The standard InChI is InChI=1S/C12H16INO4S/c1-17-12(16)10-5-4-9(8-11(10)15)18-7-3-2-6-14(13)19/h4-5,8,15,19H,2-3,6-7H2,1H3. The van der Waals surface area contributed by atoms with E-state index in [0.717, 1.165) is 19.4 Å². The number of methoxy groups -OCH3 is 1. The molecule has 1 N–H and O–H groups in total. The lowest BCUT2D eigenvalue weighted by Crippen LogP contribution is -2.04. The predicted molar refractivity (Wildman–Crippen MR) is 83.9 cm³/mol. The maximum absolute atomic E-state index is 11.3. The molecule has 1 rings (SSSR count). The summed E-state index contributed by atoms with van der Waals surface area (Å²) in [6.45, 7) is 1.43. The van der Waals surface area contributed by atoms with E-state index >= 15 is 0 Å². The van der Waals surface area contributed by atoms with Gasteiger partial charge in [-0.05, 0) is 25.0 Å². The molecule has 106 valence electrons. The molecule has 0 atom stereocenters. The molecule has 0 radical (unpaired) electrons. The van der Waals surface area contributed by atoms with Crippen LogP contribution in [0.2, 0.25) is 0 Å². The summed E-state index contributed by atoms with van der Waals surface area (Å²) in [6, 6.07) is 4.53. The van der Waals surface area contributed by atoms with Gasteiger partial charge in [-0.2, -0.15) is 2.52 Å². The Morgan fingerprint density at radius 2 is 2.21 bits per heavy atom. The number of phenols is 1. The van der Waals surface area contributed by atoms with Gasteiger partial charge in [-0.25, -0.2) is 4.79 Å². The summed E-state index contributed by atoms with van der Waals surface area (Å²) in [6.07, 6.45) is 1.86. The second-order valence-electron chi connectivity index (χ2n) is 3.79. The van der Waals surface area contributed by atoms with E-state index in [0.29, 0.717) is 12.4 Å². The largest absolute Gasteiger partial charge is 0.507 e. The zero-order valence-electron chi connectivity index (χ0n) is 10.5. The number of esters is 1. The average molecular weight is 397 g/mol. The van der Waals surface area contributed by atoms with Crippen LogP contribution in [0.25, 0.3) is 0 Å². The topological polar surface area (TPSA) is 59.0 Å². The van der Waals surface area contributed by atoms with Gasteiger partial charge in [0.2, 0.25) is 0 Å². The van der Waals surface area contributed by atoms with Gasteiger partial charge in [0.1, 0.15) is 17.1 Å². The molecule has 1 aromatic carbocycles. The Kier molecular flexibility index (Phi) is 7.32. The minimum absolute atomic E-state index is 0.130. The van der Waals surface area contributed by atoms with Crippen molar-refractivity contribution in [1.82, 2.24) is 2.52 Å². The molecule has 0 aliphatic carbocycles. The van der Waals surface area contributed by atoms with Crippen molar-refractivity contribution < 1.29 is 19.4 Å². The van der Waals surface area contributed by atoms with E-state index < -0.39 is 5.97 Å². The third-order valence-corrected chi connectivity index (χ3v) is 3.06. The lowest BCUT2D eigenvalue weighted by atomic mass is 10.2. The molecule has 0 bridgehead atoms. The van der Waals surface area contributed by atoms with Gasteiger partial charge in [0.15, 0.2) is 0 Å². The number of halogens is 1. The number of rotatable bonds is 7. The Morgan fingerprint density at radius 1 is 1.47 bits per heavy atom. The van der Waals surface area contributed by atoms with E-state index in [9.17, 15) is 9.90 Å². The molecular formula is C12H16INO4S. The van der Waals surface area contributed by atoms with Gasteiger partial charge < -0.3 is 14.6 Å². The zero-order chi connectivity index (χ0) is 14.3. The Balaban J connectivity index is 2.43. The molecule has 0 unspecified atom stereocenters. The monoisotopic (exact) mass is 397 g/mol. The van der Waals surface area contributed by atoms with Gasteiger partial charge >= 0.3 is 5.97 Å². The van der Waals surface area contributed by atoms with Crippen molar-refractivity contribution in [2.24, 2.45) is 0 Å². The number of ether oxygens (including phenoxy) is 2. The van der Waals surface area contributed by atoms with Crippen molar-refractivity contribution in [3.63, 3.8) is 0 Å². The van der Waals surface area contributed by atoms with Crippen LogP contribution in [0.5, 0.6) is 11.5 Å². The van der Waals surface area contributed by atoms with Gasteiger partial charge in [-0.15, -0.1) is 0 Å². The maximum Gasteiger partial charge on any atom is 0.341 e. The van der Waals surface area contributed by atoms with Crippen LogP contribution in [0.3, 0.4) is 0 Å². The van der Waals surface area contributed by atoms with E-state index in [1.807, 2.05) is 0 Å². The molecule has 0 saturated carbocycles. The highest BCUT2D eigenvalue weighted by molar-refractivity contribution is 14.1. The number of hydrogen-bond acceptors (Lipinski definition) is 6. The Morgan fingerprint density at radius 3 is 2.79 bits per heavy atom. The Labute approximate surface area is 131 Å². The molecule has 0 aliphatic rings. The van der Waals surface area contributed by atoms with Crippen LogP contribution in [0.1, 0.15) is 23.2 Å². The lowest BCUT2D eigenvalue weighted by molar-refractivity contribution is 0.0597. The third kappa shape index (κ3) is 5.87. The summed E-state index contributed by atoms with van der Waals surface area (Å²) in [4.78, 5) is 11.3. The van der Waals surface area contributed by atoms with Crippen molar-refractivity contribution in [1.29, 1.82) is 0 Å². The summed E-state index contributed by atoms with van der Waals surface area (Å²) in [5.74, 6) is -0.180. The first-order valence-corrected chi connectivity index (χ1v) is 7.07. The van der Waals surface area contributed by atoms with Crippen LogP contribution in [0.4, 0.5) is 0 Å². The Hall–Kier alpha value is -0.670. The zero-order valence-corrected chi connectivity index (χ0v) is 13.6. The second-order valence-corrected chi connectivity index (χ2v) is 6.20. The number of carbonyl (C=O) groups excluding carboxylic acids is 1. The van der Waals surface area contributed by atoms with Crippen molar-refractivity contribution in [2.75, 3.05) is 20.3 Å². The Bertz CT molecular complexity index is 428. The quantitative estimate of drug-likeness (QED) is 0.244. The highest BCUT2D eigenvalue weighted by Gasteiger charge is 2.11. The fourth-order valence-corrected chi connectivity index (χ4v) is 1.90. The molecule has 0 saturated heterocycles. The van der Waals surface area contributed by atoms with E-state index in [2.05, 4.69) is 40.4 Å². The number of aromatic hydroxyl groups is 1. The maximum atomic E-state index is 11.3. The van der Waals surface area contributed by atoms with Crippen molar-refractivity contribution in [3.8, 4) is 11.5 Å². The number of nitrogens with zero attached hydrogens (tertiary/aromatic N) is 1. The SMILES string of the molecule is COC(=O)c1ccc(OCCCCN(S)I)cc1O. The molecule has 1 aromatic rings. The van der Waals surface area contributed by atoms with Gasteiger partial charge in [0, 0.05) is 35.5 Å². The molecule has 7 heteroatoms. The summed E-state index contributed by atoms with van der Waals surface area (Å²) >= 11 is 6.23. The first-order valence-electron chi connectivity index (χ1n) is 5.71. The fourth-order valence-electron chi connectivity index (χ4n) is 1.42. The minimum atomic E-state index is -0.569. The van der Waals surface area contributed by atoms with Gasteiger partial charge in [-0.1, -0.05) is 12.8 Å². The number of hydrogen-bond donors (Lipinski definition) is 2. The lowest BCUT2D eigenvalue weighted by Gasteiger charge is -2.09. The summed E-state index contributed by atoms with van der Waals surface area (Å²) in [5.41, 5.74) is 0.130. The molecule has 0 spiro atoms. The molecular weight excluding hydrogens is 381 g/mol. The van der Waals surface area contributed by atoms with Crippen molar-refractivity contribution in [2.45, 2.75) is 12.8 Å². The predicted octanol–water partition coefficient (Wildman–Crippen LogP) is 2.83. The second kappa shape index (κ2) is 8.49. The van der Waals surface area contributed by atoms with Gasteiger partial charge in [-0.3, -0.25) is 0 Å². The number of thiol groups is 1. The minimum Gasteiger partial charge on any atom is -0.507 e. The van der Waals surface area contributed by atoms with E-state index in [1.165, 1.54) is 19.2 Å². The van der Waals surface area contributed by atoms with Crippen LogP contribution in [-0.2, 0) is 4.74 Å². The van der Waals surface area contributed by atoms with Gasteiger partial charge in [0.25, 0.3) is 0 Å².